The second-order valence-corrected chi connectivity index (χ2v) is 14.1. The fourth-order valence-electron chi connectivity index (χ4n) is 12.3. The van der Waals surface area contributed by atoms with Crippen molar-refractivity contribution in [2.24, 2.45) is 34.5 Å². The molecule has 1 saturated heterocycles. The summed E-state index contributed by atoms with van der Waals surface area (Å²) in [4.78, 5) is 16.4. The van der Waals surface area contributed by atoms with Gasteiger partial charge in [-0.1, -0.05) is 25.1 Å². The summed E-state index contributed by atoms with van der Waals surface area (Å²) in [5, 5.41) is 12.8. The Morgan fingerprint density at radius 1 is 1.00 bits per heavy atom. The van der Waals surface area contributed by atoms with Gasteiger partial charge in [-0.15, -0.1) is 0 Å². The number of nitrogens with zero attached hydrogens (tertiary/aromatic N) is 1. The van der Waals surface area contributed by atoms with Crippen molar-refractivity contribution < 1.29 is 38.3 Å². The van der Waals surface area contributed by atoms with Gasteiger partial charge in [-0.3, -0.25) is 4.90 Å². The quantitative estimate of drug-likeness (QED) is 0.407. The van der Waals surface area contributed by atoms with Crippen LogP contribution in [0.2, 0.25) is 0 Å². The maximum absolute atomic E-state index is 13.7. The SMILES string of the molecule is CCO[C@]12C[C@H](OC)[C@@]3(O)C[C@H]([C@@H]1[C@H]3OC(=O)c1ccccc1)[C@@]13[C@@H](OC)CC[C@@]4(COC)CN(CC)[C@@H]1[C@@H]2[C@H](OC)[C@H]43. The monoisotopic (exact) mass is 599 g/mol. The molecule has 1 aromatic rings. The molecule has 238 valence electrons. The van der Waals surface area contributed by atoms with E-state index in [9.17, 15) is 9.90 Å². The molecule has 1 aromatic carbocycles. The third kappa shape index (κ3) is 3.56. The Hall–Kier alpha value is -1.59. The van der Waals surface area contributed by atoms with Crippen LogP contribution in [0.1, 0.15) is 49.9 Å². The van der Waals surface area contributed by atoms with Crippen LogP contribution in [0, 0.1) is 34.5 Å². The lowest BCUT2D eigenvalue weighted by Crippen LogP contribution is -2.77. The first-order chi connectivity index (χ1) is 20.8. The van der Waals surface area contributed by atoms with Gasteiger partial charge in [0.25, 0.3) is 0 Å². The molecule has 0 unspecified atom stereocenters. The number of piperidine rings is 1. The third-order valence-electron chi connectivity index (χ3n) is 13.1. The van der Waals surface area contributed by atoms with Crippen LogP contribution in [-0.2, 0) is 28.4 Å². The minimum absolute atomic E-state index is 0.0311. The number of esters is 1. The number of ether oxygens (including phenoxy) is 6. The lowest BCUT2D eigenvalue weighted by atomic mass is 9.43. The molecule has 6 fully saturated rings. The van der Waals surface area contributed by atoms with E-state index in [0.29, 0.717) is 31.6 Å². The number of hydrogen-bond donors (Lipinski definition) is 1. The van der Waals surface area contributed by atoms with Gasteiger partial charge in [0.2, 0.25) is 0 Å². The number of methoxy groups -OCH3 is 4. The van der Waals surface area contributed by atoms with Crippen molar-refractivity contribution in [1.29, 1.82) is 0 Å². The molecule has 7 rings (SSSR count). The van der Waals surface area contributed by atoms with Crippen LogP contribution < -0.4 is 0 Å². The van der Waals surface area contributed by atoms with Crippen LogP contribution in [0.3, 0.4) is 0 Å². The Bertz CT molecular complexity index is 1220. The standard InChI is InChI=1S/C34H49NO8/c1-7-35-18-31(19-38-3)15-14-22(39-4)34-21-16-32(37)23(40-5)17-33(42-8-2,25(28(34)35)26(41-6)27(31)34)24(21)29(32)43-30(36)20-12-10-9-11-13-20/h9-13,21-29,37H,7-8,14-19H2,1-6H3/t21-,22+,23+,24-,25+,26+,27-,28-,29-,31+,32+,33-,34+/m1/s1. The minimum atomic E-state index is -1.36. The van der Waals surface area contributed by atoms with E-state index in [0.717, 1.165) is 25.9 Å². The molecule has 9 nitrogen and oxygen atoms in total. The van der Waals surface area contributed by atoms with Crippen LogP contribution >= 0.6 is 0 Å². The Kier molecular flexibility index (Phi) is 7.33. The average Bonchev–Trinajstić information content (AvgIpc) is 3.39. The molecular weight excluding hydrogens is 550 g/mol. The predicted molar refractivity (Wildman–Crippen MR) is 158 cm³/mol. The van der Waals surface area contributed by atoms with Gasteiger partial charge in [0.15, 0.2) is 0 Å². The third-order valence-corrected chi connectivity index (χ3v) is 13.1. The van der Waals surface area contributed by atoms with Crippen molar-refractivity contribution in [2.75, 3.05) is 54.7 Å². The minimum Gasteiger partial charge on any atom is -0.455 e. The maximum atomic E-state index is 13.7. The molecule has 7 bridgehead atoms. The van der Waals surface area contributed by atoms with Crippen molar-refractivity contribution >= 4 is 5.97 Å². The van der Waals surface area contributed by atoms with E-state index in [-0.39, 0.29) is 52.8 Å². The summed E-state index contributed by atoms with van der Waals surface area (Å²) in [6.07, 6.45) is 1.36. The van der Waals surface area contributed by atoms with Crippen molar-refractivity contribution in [3.05, 3.63) is 35.9 Å². The van der Waals surface area contributed by atoms with Crippen LogP contribution in [0.4, 0.5) is 0 Å². The second kappa shape index (κ2) is 10.5. The zero-order valence-electron chi connectivity index (χ0n) is 26.5. The number of carbonyl (C=O) groups excluding carboxylic acids is 1. The van der Waals surface area contributed by atoms with Gasteiger partial charge in [0.1, 0.15) is 11.7 Å². The molecular formula is C34H49NO8. The summed E-state index contributed by atoms with van der Waals surface area (Å²) in [6, 6.07) is 9.19. The summed E-state index contributed by atoms with van der Waals surface area (Å²) in [6.45, 7) is 7.25. The lowest BCUT2D eigenvalue weighted by molar-refractivity contribution is -0.293. The predicted octanol–water partition coefficient (Wildman–Crippen LogP) is 3.18. The molecule has 1 heterocycles. The molecule has 0 amide bonds. The van der Waals surface area contributed by atoms with Crippen molar-refractivity contribution in [3.63, 3.8) is 0 Å². The van der Waals surface area contributed by atoms with Gasteiger partial charge in [-0.05, 0) is 50.8 Å². The number of carbonyl (C=O) groups is 1. The molecule has 5 aliphatic carbocycles. The Morgan fingerprint density at radius 2 is 1.74 bits per heavy atom. The van der Waals surface area contributed by atoms with Crippen molar-refractivity contribution in [2.45, 2.75) is 81.2 Å². The highest BCUT2D eigenvalue weighted by Gasteiger charge is 2.89. The van der Waals surface area contributed by atoms with E-state index >= 15 is 0 Å². The zero-order chi connectivity index (χ0) is 30.4. The fraction of sp³-hybridized carbons (Fsp3) is 0.794. The summed E-state index contributed by atoms with van der Waals surface area (Å²) in [5.41, 5.74) is -2.09. The average molecular weight is 600 g/mol. The summed E-state index contributed by atoms with van der Waals surface area (Å²) in [7, 11) is 7.16. The highest BCUT2D eigenvalue weighted by Crippen LogP contribution is 2.80. The summed E-state index contributed by atoms with van der Waals surface area (Å²) in [5.74, 6) is -0.602. The summed E-state index contributed by atoms with van der Waals surface area (Å²) >= 11 is 0. The van der Waals surface area contributed by atoms with Gasteiger partial charge < -0.3 is 33.5 Å². The van der Waals surface area contributed by atoms with Crippen LogP contribution in [-0.4, -0.2) is 112 Å². The normalized spacial score (nSPS) is 49.2. The number of rotatable bonds is 10. The largest absolute Gasteiger partial charge is 0.455 e. The maximum Gasteiger partial charge on any atom is 0.338 e. The first-order valence-electron chi connectivity index (χ1n) is 16.2. The van der Waals surface area contributed by atoms with Gasteiger partial charge in [-0.25, -0.2) is 4.79 Å². The van der Waals surface area contributed by atoms with E-state index in [1.165, 1.54) is 0 Å². The molecule has 1 N–H and O–H groups in total. The molecule has 1 aliphatic heterocycles. The molecule has 9 heteroatoms. The van der Waals surface area contributed by atoms with Crippen LogP contribution in [0.25, 0.3) is 0 Å². The Labute approximate surface area is 255 Å². The van der Waals surface area contributed by atoms with Crippen molar-refractivity contribution in [3.8, 4) is 0 Å². The topological polar surface area (TPSA) is 95.9 Å². The van der Waals surface area contributed by atoms with Gasteiger partial charge in [-0.2, -0.15) is 0 Å². The van der Waals surface area contributed by atoms with Gasteiger partial charge >= 0.3 is 5.97 Å². The van der Waals surface area contributed by atoms with E-state index in [1.807, 2.05) is 46.5 Å². The first-order valence-corrected chi connectivity index (χ1v) is 16.2. The smallest absolute Gasteiger partial charge is 0.338 e. The number of fused-ring (bicyclic) bond motifs is 2. The van der Waals surface area contributed by atoms with Crippen LogP contribution in [0.5, 0.6) is 0 Å². The van der Waals surface area contributed by atoms with Crippen LogP contribution in [0.15, 0.2) is 30.3 Å². The van der Waals surface area contributed by atoms with Crippen molar-refractivity contribution in [1.82, 2.24) is 4.90 Å². The number of likely N-dealkylation sites (tertiary alicyclic amines) is 1. The highest BCUT2D eigenvalue weighted by molar-refractivity contribution is 5.89. The lowest BCUT2D eigenvalue weighted by Gasteiger charge is -2.69. The summed E-state index contributed by atoms with van der Waals surface area (Å²) < 4.78 is 38.9. The molecule has 5 saturated carbocycles. The molecule has 6 aliphatic rings. The number of hydrogen-bond acceptors (Lipinski definition) is 9. The number of benzene rings is 1. The Balaban J connectivity index is 1.47. The fourth-order valence-corrected chi connectivity index (χ4v) is 12.3. The van der Waals surface area contributed by atoms with E-state index in [4.69, 9.17) is 28.4 Å². The second-order valence-electron chi connectivity index (χ2n) is 14.1. The highest BCUT2D eigenvalue weighted by atomic mass is 16.6. The Morgan fingerprint density at radius 3 is 2.37 bits per heavy atom. The molecule has 13 atom stereocenters. The number of aliphatic hydroxyl groups is 1. The molecule has 43 heavy (non-hydrogen) atoms. The van der Waals surface area contributed by atoms with E-state index < -0.39 is 29.4 Å². The first kappa shape index (κ1) is 30.1. The van der Waals surface area contributed by atoms with E-state index in [1.54, 1.807) is 19.2 Å². The van der Waals surface area contributed by atoms with Gasteiger partial charge in [0, 0.05) is 82.6 Å². The van der Waals surface area contributed by atoms with E-state index in [2.05, 4.69) is 11.8 Å². The van der Waals surface area contributed by atoms with Gasteiger partial charge in [0.05, 0.1) is 36.1 Å². The zero-order valence-corrected chi connectivity index (χ0v) is 26.5. The molecule has 0 radical (unpaired) electrons. The molecule has 1 spiro atoms. The molecule has 0 aromatic heterocycles.